The van der Waals surface area contributed by atoms with Gasteiger partial charge in [-0.1, -0.05) is 83.9 Å². The predicted octanol–water partition coefficient (Wildman–Crippen LogP) is 6.99. The van der Waals surface area contributed by atoms with E-state index in [0.29, 0.717) is 10.0 Å². The van der Waals surface area contributed by atoms with Crippen LogP contribution >= 0.6 is 34.8 Å². The summed E-state index contributed by atoms with van der Waals surface area (Å²) in [5, 5.41) is 0.895. The Morgan fingerprint density at radius 3 is 1.95 bits per heavy atom. The van der Waals surface area contributed by atoms with Crippen molar-refractivity contribution in [2.24, 2.45) is 0 Å². The molecular weight excluding hydrogens is 335 g/mol. The van der Waals surface area contributed by atoms with Gasteiger partial charge < -0.3 is 0 Å². The van der Waals surface area contributed by atoms with Crippen molar-refractivity contribution in [3.05, 3.63) is 94.0 Å². The highest BCUT2D eigenvalue weighted by molar-refractivity contribution is 6.36. The maximum Gasteiger partial charge on any atom is 0.0849 e. The van der Waals surface area contributed by atoms with Crippen LogP contribution in [0.25, 0.3) is 11.1 Å². The maximum absolute atomic E-state index is 6.56. The first kappa shape index (κ1) is 15.4. The lowest BCUT2D eigenvalue weighted by Gasteiger charge is -2.13. The van der Waals surface area contributed by atoms with Crippen LogP contribution in [0.2, 0.25) is 10.0 Å². The van der Waals surface area contributed by atoms with Crippen LogP contribution < -0.4 is 0 Å². The first-order chi connectivity index (χ1) is 10.6. The average Bonchev–Trinajstić information content (AvgIpc) is 2.55. The number of hydrogen-bond acceptors (Lipinski definition) is 0. The SMILES string of the molecule is Clc1ccc(C(Cl)c2ccc(-c3ccccc3)cc2)c(Cl)c1. The van der Waals surface area contributed by atoms with Crippen LogP contribution in [-0.4, -0.2) is 0 Å². The lowest BCUT2D eigenvalue weighted by Crippen LogP contribution is -1.94. The lowest BCUT2D eigenvalue weighted by molar-refractivity contribution is 1.14. The Kier molecular flexibility index (Phi) is 4.73. The van der Waals surface area contributed by atoms with Gasteiger partial charge in [0.15, 0.2) is 0 Å². The second kappa shape index (κ2) is 6.75. The van der Waals surface area contributed by atoms with Crippen molar-refractivity contribution in [3.8, 4) is 11.1 Å². The Labute approximate surface area is 145 Å². The zero-order valence-electron chi connectivity index (χ0n) is 11.6. The average molecular weight is 348 g/mol. The van der Waals surface area contributed by atoms with E-state index in [2.05, 4.69) is 24.3 Å². The first-order valence-electron chi connectivity index (χ1n) is 6.89. The van der Waals surface area contributed by atoms with Gasteiger partial charge in [-0.2, -0.15) is 0 Å². The van der Waals surface area contributed by atoms with Crippen LogP contribution in [0.4, 0.5) is 0 Å². The van der Waals surface area contributed by atoms with Crippen LogP contribution in [0.1, 0.15) is 16.5 Å². The largest absolute Gasteiger partial charge is 0.113 e. The molecule has 3 aromatic rings. The second-order valence-corrected chi connectivity index (χ2v) is 6.30. The summed E-state index contributed by atoms with van der Waals surface area (Å²) < 4.78 is 0. The fourth-order valence-electron chi connectivity index (χ4n) is 2.36. The summed E-state index contributed by atoms with van der Waals surface area (Å²) >= 11 is 18.7. The predicted molar refractivity (Wildman–Crippen MR) is 96.0 cm³/mol. The van der Waals surface area contributed by atoms with Crippen LogP contribution in [0.15, 0.2) is 72.8 Å². The van der Waals surface area contributed by atoms with Gasteiger partial charge in [-0.05, 0) is 34.4 Å². The van der Waals surface area contributed by atoms with E-state index in [0.717, 1.165) is 16.7 Å². The molecule has 0 N–H and O–H groups in total. The van der Waals surface area contributed by atoms with E-state index in [4.69, 9.17) is 34.8 Å². The van der Waals surface area contributed by atoms with Crippen molar-refractivity contribution < 1.29 is 0 Å². The molecule has 0 fully saturated rings. The van der Waals surface area contributed by atoms with E-state index in [-0.39, 0.29) is 5.38 Å². The van der Waals surface area contributed by atoms with E-state index in [1.54, 1.807) is 12.1 Å². The monoisotopic (exact) mass is 346 g/mol. The third kappa shape index (κ3) is 3.30. The fraction of sp³-hybridized carbons (Fsp3) is 0.0526. The van der Waals surface area contributed by atoms with Crippen LogP contribution in [0.3, 0.4) is 0 Å². The highest BCUT2D eigenvalue weighted by atomic mass is 35.5. The third-order valence-corrected chi connectivity index (χ3v) is 4.60. The minimum absolute atomic E-state index is 0.297. The van der Waals surface area contributed by atoms with Gasteiger partial charge in [0.05, 0.1) is 5.38 Å². The van der Waals surface area contributed by atoms with Crippen molar-refractivity contribution in [2.75, 3.05) is 0 Å². The highest BCUT2D eigenvalue weighted by Crippen LogP contribution is 2.35. The normalized spacial score (nSPS) is 12.1. The molecule has 0 nitrogen and oxygen atoms in total. The van der Waals surface area contributed by atoms with E-state index in [1.807, 2.05) is 36.4 Å². The fourth-order valence-corrected chi connectivity index (χ4v) is 3.27. The number of alkyl halides is 1. The molecule has 0 saturated heterocycles. The standard InChI is InChI=1S/C19H13Cl3/c20-16-10-11-17(18(21)12-16)19(22)15-8-6-14(7-9-15)13-4-2-1-3-5-13/h1-12,19H. The molecule has 0 amide bonds. The van der Waals surface area contributed by atoms with Gasteiger partial charge in [0, 0.05) is 10.0 Å². The Morgan fingerprint density at radius 1 is 0.682 bits per heavy atom. The maximum atomic E-state index is 6.56. The summed E-state index contributed by atoms with van der Waals surface area (Å²) in [4.78, 5) is 0. The minimum atomic E-state index is -0.297. The summed E-state index contributed by atoms with van der Waals surface area (Å²) in [5.41, 5.74) is 4.21. The summed E-state index contributed by atoms with van der Waals surface area (Å²) in [6, 6.07) is 23.8. The van der Waals surface area contributed by atoms with E-state index >= 15 is 0 Å². The summed E-state index contributed by atoms with van der Waals surface area (Å²) in [6.07, 6.45) is 0. The molecule has 110 valence electrons. The van der Waals surface area contributed by atoms with Crippen molar-refractivity contribution in [1.29, 1.82) is 0 Å². The van der Waals surface area contributed by atoms with Gasteiger partial charge in [0.2, 0.25) is 0 Å². The topological polar surface area (TPSA) is 0 Å². The van der Waals surface area contributed by atoms with Crippen molar-refractivity contribution in [2.45, 2.75) is 5.38 Å². The quantitative estimate of drug-likeness (QED) is 0.448. The molecule has 3 heteroatoms. The minimum Gasteiger partial charge on any atom is -0.113 e. The van der Waals surface area contributed by atoms with Crippen molar-refractivity contribution >= 4 is 34.8 Å². The smallest absolute Gasteiger partial charge is 0.0849 e. The van der Waals surface area contributed by atoms with Crippen LogP contribution in [0.5, 0.6) is 0 Å². The molecule has 0 radical (unpaired) electrons. The molecule has 0 saturated carbocycles. The molecule has 0 aliphatic rings. The van der Waals surface area contributed by atoms with E-state index in [9.17, 15) is 0 Å². The number of hydrogen-bond donors (Lipinski definition) is 0. The first-order valence-corrected chi connectivity index (χ1v) is 8.09. The summed E-state index contributed by atoms with van der Waals surface area (Å²) in [5.74, 6) is 0. The molecule has 22 heavy (non-hydrogen) atoms. The van der Waals surface area contributed by atoms with Crippen LogP contribution in [0, 0.1) is 0 Å². The number of halogens is 3. The van der Waals surface area contributed by atoms with Gasteiger partial charge >= 0.3 is 0 Å². The molecule has 0 aromatic heterocycles. The molecule has 3 rings (SSSR count). The van der Waals surface area contributed by atoms with E-state index < -0.39 is 0 Å². The van der Waals surface area contributed by atoms with Crippen molar-refractivity contribution in [3.63, 3.8) is 0 Å². The Morgan fingerprint density at radius 2 is 1.32 bits per heavy atom. The van der Waals surface area contributed by atoms with Gasteiger partial charge in [-0.25, -0.2) is 0 Å². The Bertz CT molecular complexity index is 764. The number of benzene rings is 3. The van der Waals surface area contributed by atoms with Gasteiger partial charge in [0.25, 0.3) is 0 Å². The van der Waals surface area contributed by atoms with Gasteiger partial charge in [-0.3, -0.25) is 0 Å². The summed E-state index contributed by atoms with van der Waals surface area (Å²) in [7, 11) is 0. The van der Waals surface area contributed by atoms with Gasteiger partial charge in [-0.15, -0.1) is 11.6 Å². The second-order valence-electron chi connectivity index (χ2n) is 5.02. The van der Waals surface area contributed by atoms with Crippen LogP contribution in [-0.2, 0) is 0 Å². The molecule has 1 unspecified atom stereocenters. The molecule has 3 aromatic carbocycles. The lowest BCUT2D eigenvalue weighted by atomic mass is 10.00. The highest BCUT2D eigenvalue weighted by Gasteiger charge is 2.14. The Balaban J connectivity index is 1.89. The van der Waals surface area contributed by atoms with E-state index in [1.165, 1.54) is 5.56 Å². The summed E-state index contributed by atoms with van der Waals surface area (Å²) in [6.45, 7) is 0. The Hall–Kier alpha value is -1.47. The zero-order chi connectivity index (χ0) is 15.5. The van der Waals surface area contributed by atoms with Gasteiger partial charge in [0.1, 0.15) is 0 Å². The zero-order valence-corrected chi connectivity index (χ0v) is 13.9. The third-order valence-electron chi connectivity index (χ3n) is 3.55. The molecular formula is C19H13Cl3. The molecule has 0 heterocycles. The van der Waals surface area contributed by atoms with Crippen molar-refractivity contribution in [1.82, 2.24) is 0 Å². The molecule has 0 spiro atoms. The molecule has 1 atom stereocenters. The molecule has 0 bridgehead atoms. The molecule has 0 aliphatic carbocycles. The number of rotatable bonds is 3. The molecule has 0 aliphatic heterocycles.